The average Bonchev–Trinajstić information content (AvgIpc) is 3.34. The molecule has 9 heteroatoms. The fourth-order valence-electron chi connectivity index (χ4n) is 3.57. The summed E-state index contributed by atoms with van der Waals surface area (Å²) in [5, 5.41) is 3.48. The van der Waals surface area contributed by atoms with Gasteiger partial charge in [0.1, 0.15) is 0 Å². The topological polar surface area (TPSA) is 102 Å². The molecule has 0 aliphatic heterocycles. The number of hydrogen-bond acceptors (Lipinski definition) is 5. The SMILES string of the molecule is Cc1ccoc1C(=O)Nc1cccc(-c2cncc(C(=O)N=[S@](=O)(CCCBr)c3ccccc3)c2)c1. The van der Waals surface area contributed by atoms with Crippen molar-refractivity contribution in [3.05, 3.63) is 102 Å². The number of carbonyl (C=O) groups is 2. The number of aryl methyl sites for hydroxylation is 1. The minimum atomic E-state index is -2.94. The molecule has 0 saturated heterocycles. The van der Waals surface area contributed by atoms with Crippen LogP contribution in [0.2, 0.25) is 0 Å². The van der Waals surface area contributed by atoms with Crippen LogP contribution in [-0.4, -0.2) is 32.1 Å². The van der Waals surface area contributed by atoms with E-state index in [4.69, 9.17) is 4.42 Å². The van der Waals surface area contributed by atoms with E-state index in [1.165, 1.54) is 12.5 Å². The standard InChI is InChI=1S/C27H24BrN3O4S/c1-19-11-13-35-25(19)27(33)30-23-8-5-7-20(16-23)21-15-22(18-29-17-21)26(32)31-36(34,14-6-12-28)24-9-3-2-4-10-24/h2-5,7-11,13,15-18H,6,12,14H2,1H3,(H,30,33)/t36-/m0/s1. The number of benzene rings is 2. The maximum absolute atomic E-state index is 13.7. The molecule has 0 radical (unpaired) electrons. The van der Waals surface area contributed by atoms with Gasteiger partial charge in [0.2, 0.25) is 0 Å². The highest BCUT2D eigenvalue weighted by Crippen LogP contribution is 2.25. The number of rotatable bonds is 8. The number of amides is 2. The summed E-state index contributed by atoms with van der Waals surface area (Å²) >= 11 is 3.36. The van der Waals surface area contributed by atoms with Crippen molar-refractivity contribution in [2.45, 2.75) is 18.2 Å². The van der Waals surface area contributed by atoms with Gasteiger partial charge in [-0.25, -0.2) is 4.21 Å². The third-order valence-corrected chi connectivity index (χ3v) is 8.28. The number of pyridine rings is 1. The summed E-state index contributed by atoms with van der Waals surface area (Å²) in [6, 6.07) is 19.4. The Morgan fingerprint density at radius 3 is 2.56 bits per heavy atom. The van der Waals surface area contributed by atoms with Crippen molar-refractivity contribution in [1.82, 2.24) is 4.98 Å². The molecule has 2 heterocycles. The zero-order chi connectivity index (χ0) is 25.5. The van der Waals surface area contributed by atoms with E-state index in [0.29, 0.717) is 27.9 Å². The molecular weight excluding hydrogens is 542 g/mol. The van der Waals surface area contributed by atoms with Crippen molar-refractivity contribution in [3.8, 4) is 11.1 Å². The van der Waals surface area contributed by atoms with Crippen LogP contribution in [0.5, 0.6) is 0 Å². The zero-order valence-electron chi connectivity index (χ0n) is 19.5. The number of carbonyl (C=O) groups excluding carboxylic acids is 2. The van der Waals surface area contributed by atoms with Crippen LogP contribution < -0.4 is 5.32 Å². The Morgan fingerprint density at radius 1 is 1.03 bits per heavy atom. The monoisotopic (exact) mass is 565 g/mol. The molecule has 36 heavy (non-hydrogen) atoms. The molecule has 1 N–H and O–H groups in total. The number of alkyl halides is 1. The molecule has 2 aromatic carbocycles. The quantitative estimate of drug-likeness (QED) is 0.250. The molecule has 4 rings (SSSR count). The number of halogens is 1. The van der Waals surface area contributed by atoms with Crippen LogP contribution in [0.3, 0.4) is 0 Å². The first-order chi connectivity index (χ1) is 17.4. The molecule has 4 aromatic rings. The lowest BCUT2D eigenvalue weighted by Gasteiger charge is -2.10. The highest BCUT2D eigenvalue weighted by Gasteiger charge is 2.17. The van der Waals surface area contributed by atoms with E-state index in [9.17, 15) is 13.8 Å². The number of hydrogen-bond donors (Lipinski definition) is 1. The van der Waals surface area contributed by atoms with Crippen molar-refractivity contribution < 1.29 is 18.2 Å². The van der Waals surface area contributed by atoms with E-state index >= 15 is 0 Å². The highest BCUT2D eigenvalue weighted by molar-refractivity contribution is 9.09. The minimum Gasteiger partial charge on any atom is -0.459 e. The normalized spacial score (nSPS) is 12.5. The van der Waals surface area contributed by atoms with E-state index in [-0.39, 0.29) is 23.0 Å². The van der Waals surface area contributed by atoms with E-state index in [1.807, 2.05) is 12.1 Å². The second kappa shape index (κ2) is 11.5. The number of aromatic nitrogens is 1. The van der Waals surface area contributed by atoms with Gasteiger partial charge in [0.05, 0.1) is 21.6 Å². The van der Waals surface area contributed by atoms with E-state index < -0.39 is 15.6 Å². The third-order valence-electron chi connectivity index (χ3n) is 5.40. The van der Waals surface area contributed by atoms with Crippen LogP contribution >= 0.6 is 15.9 Å². The Morgan fingerprint density at radius 2 is 1.83 bits per heavy atom. The van der Waals surface area contributed by atoms with Crippen LogP contribution in [0, 0.1) is 6.92 Å². The number of anilines is 1. The fourth-order valence-corrected chi connectivity index (χ4v) is 6.15. The summed E-state index contributed by atoms with van der Waals surface area (Å²) in [6.45, 7) is 1.80. The predicted octanol–water partition coefficient (Wildman–Crippen LogP) is 6.35. The Bertz CT molecular complexity index is 1510. The van der Waals surface area contributed by atoms with E-state index in [0.717, 1.165) is 11.1 Å². The first-order valence-electron chi connectivity index (χ1n) is 11.2. The molecule has 2 aromatic heterocycles. The summed E-state index contributed by atoms with van der Waals surface area (Å²) in [7, 11) is -2.94. The molecule has 0 fully saturated rings. The minimum absolute atomic E-state index is 0.232. The van der Waals surface area contributed by atoms with Crippen molar-refractivity contribution in [1.29, 1.82) is 0 Å². The van der Waals surface area contributed by atoms with Crippen molar-refractivity contribution >= 4 is 43.2 Å². The number of nitrogens with zero attached hydrogens (tertiary/aromatic N) is 2. The fraction of sp³-hybridized carbons (Fsp3) is 0.148. The molecule has 0 spiro atoms. The number of furan rings is 1. The smallest absolute Gasteiger partial charge is 0.291 e. The second-order valence-corrected chi connectivity index (χ2v) is 11.2. The van der Waals surface area contributed by atoms with Crippen LogP contribution in [0.15, 0.2) is 99.1 Å². The first-order valence-corrected chi connectivity index (χ1v) is 14.0. The lowest BCUT2D eigenvalue weighted by Crippen LogP contribution is -2.12. The Hall–Kier alpha value is -3.56. The van der Waals surface area contributed by atoms with Crippen LogP contribution in [0.1, 0.15) is 32.9 Å². The van der Waals surface area contributed by atoms with Gasteiger partial charge in [-0.05, 0) is 55.3 Å². The zero-order valence-corrected chi connectivity index (χ0v) is 21.9. The summed E-state index contributed by atoms with van der Waals surface area (Å²) in [5.41, 5.74) is 2.94. The summed E-state index contributed by atoms with van der Waals surface area (Å²) < 4.78 is 23.1. The van der Waals surface area contributed by atoms with Gasteiger partial charge in [-0.3, -0.25) is 14.6 Å². The molecule has 2 amide bonds. The van der Waals surface area contributed by atoms with Crippen molar-refractivity contribution in [2.75, 3.05) is 16.4 Å². The molecule has 0 saturated carbocycles. The van der Waals surface area contributed by atoms with Crippen molar-refractivity contribution in [2.24, 2.45) is 4.36 Å². The lowest BCUT2D eigenvalue weighted by atomic mass is 10.1. The lowest BCUT2D eigenvalue weighted by molar-refractivity contribution is 0.0991. The second-order valence-electron chi connectivity index (χ2n) is 8.03. The molecule has 0 unspecified atom stereocenters. The van der Waals surface area contributed by atoms with Gasteiger partial charge >= 0.3 is 0 Å². The molecule has 184 valence electrons. The summed E-state index contributed by atoms with van der Waals surface area (Å²) in [4.78, 5) is 30.3. The highest BCUT2D eigenvalue weighted by atomic mass is 79.9. The third kappa shape index (κ3) is 5.98. The Balaban J connectivity index is 1.62. The van der Waals surface area contributed by atoms with Crippen LogP contribution in [0.25, 0.3) is 11.1 Å². The predicted molar refractivity (Wildman–Crippen MR) is 144 cm³/mol. The maximum Gasteiger partial charge on any atom is 0.291 e. The molecule has 0 aliphatic rings. The molecule has 1 atom stereocenters. The van der Waals surface area contributed by atoms with Gasteiger partial charge in [0.25, 0.3) is 11.8 Å². The van der Waals surface area contributed by atoms with Gasteiger partial charge in [0, 0.05) is 45.2 Å². The van der Waals surface area contributed by atoms with Gasteiger partial charge in [0.15, 0.2) is 5.76 Å². The van der Waals surface area contributed by atoms with Crippen molar-refractivity contribution in [3.63, 3.8) is 0 Å². The molecular formula is C27H24BrN3O4S. The van der Waals surface area contributed by atoms with Crippen LogP contribution in [-0.2, 0) is 9.73 Å². The molecule has 0 aliphatic carbocycles. The largest absolute Gasteiger partial charge is 0.459 e. The van der Waals surface area contributed by atoms with Crippen LogP contribution in [0.4, 0.5) is 5.69 Å². The van der Waals surface area contributed by atoms with Gasteiger partial charge in [-0.15, -0.1) is 0 Å². The molecule has 7 nitrogen and oxygen atoms in total. The summed E-state index contributed by atoms with van der Waals surface area (Å²) in [6.07, 6.45) is 5.11. The van der Waals surface area contributed by atoms with Gasteiger partial charge in [-0.1, -0.05) is 46.3 Å². The van der Waals surface area contributed by atoms with E-state index in [2.05, 4.69) is 30.6 Å². The van der Waals surface area contributed by atoms with Gasteiger partial charge in [-0.2, -0.15) is 4.36 Å². The van der Waals surface area contributed by atoms with Gasteiger partial charge < -0.3 is 9.73 Å². The number of nitrogens with one attached hydrogen (secondary N) is 1. The molecule has 0 bridgehead atoms. The Labute approximate surface area is 218 Å². The van der Waals surface area contributed by atoms with E-state index in [1.54, 1.807) is 67.7 Å². The first kappa shape index (κ1) is 25.5. The maximum atomic E-state index is 13.7. The average molecular weight is 566 g/mol. The Kier molecular flexibility index (Phi) is 8.12. The summed E-state index contributed by atoms with van der Waals surface area (Å²) in [5.74, 6) is -0.434.